The first-order valence-electron chi connectivity index (χ1n) is 8.19. The number of para-hydroxylation sites is 1. The van der Waals surface area contributed by atoms with Gasteiger partial charge in [-0.3, -0.25) is 4.79 Å². The molecule has 0 spiro atoms. The minimum atomic E-state index is 0.0929. The Morgan fingerprint density at radius 2 is 2.00 bits per heavy atom. The van der Waals surface area contributed by atoms with Crippen molar-refractivity contribution in [1.82, 2.24) is 9.88 Å². The lowest BCUT2D eigenvalue weighted by molar-refractivity contribution is -0.122. The summed E-state index contributed by atoms with van der Waals surface area (Å²) in [5, 5.41) is 4.30. The van der Waals surface area contributed by atoms with Crippen LogP contribution in [0.15, 0.2) is 30.5 Å². The largest absolute Gasteiger partial charge is 0.495 e. The Bertz CT molecular complexity index is 640. The highest BCUT2D eigenvalue weighted by atomic mass is 16.5. The van der Waals surface area contributed by atoms with Gasteiger partial charge in [0, 0.05) is 17.6 Å². The molecule has 0 saturated heterocycles. The molecule has 1 fully saturated rings. The normalized spacial score (nSPS) is 16.4. The molecule has 0 radical (unpaired) electrons. The summed E-state index contributed by atoms with van der Waals surface area (Å²) in [4.78, 5) is 12.4. The number of ether oxygens (including phenoxy) is 1. The maximum atomic E-state index is 12.4. The molecule has 1 aromatic heterocycles. The molecule has 2 aromatic rings. The zero-order chi connectivity index (χ0) is 15.4. The second-order valence-electron chi connectivity index (χ2n) is 6.10. The molecular formula is C18H24N2O2. The van der Waals surface area contributed by atoms with Gasteiger partial charge in [0.05, 0.1) is 12.6 Å². The number of methoxy groups -OCH3 is 1. The Labute approximate surface area is 131 Å². The van der Waals surface area contributed by atoms with Crippen LogP contribution in [0.25, 0.3) is 10.9 Å². The van der Waals surface area contributed by atoms with Gasteiger partial charge < -0.3 is 14.6 Å². The van der Waals surface area contributed by atoms with Gasteiger partial charge in [-0.1, -0.05) is 37.8 Å². The Morgan fingerprint density at radius 1 is 1.23 bits per heavy atom. The van der Waals surface area contributed by atoms with Crippen LogP contribution < -0.4 is 10.1 Å². The predicted octanol–water partition coefficient (Wildman–Crippen LogP) is 3.49. The average Bonchev–Trinajstić information content (AvgIpc) is 2.76. The molecule has 0 aliphatic heterocycles. The third-order valence-electron chi connectivity index (χ3n) is 4.51. The van der Waals surface area contributed by atoms with Crippen molar-refractivity contribution >= 4 is 16.8 Å². The first kappa shape index (κ1) is 14.9. The third kappa shape index (κ3) is 3.26. The van der Waals surface area contributed by atoms with Gasteiger partial charge in [-0.2, -0.15) is 0 Å². The molecule has 0 unspecified atom stereocenters. The van der Waals surface area contributed by atoms with Gasteiger partial charge in [0.15, 0.2) is 0 Å². The van der Waals surface area contributed by atoms with Crippen LogP contribution in [0.2, 0.25) is 0 Å². The molecule has 1 heterocycles. The van der Waals surface area contributed by atoms with Crippen molar-refractivity contribution in [3.63, 3.8) is 0 Å². The van der Waals surface area contributed by atoms with Crippen LogP contribution in [-0.2, 0) is 11.3 Å². The number of nitrogens with one attached hydrogen (secondary N) is 1. The number of carbonyl (C=O) groups excluding carboxylic acids is 1. The van der Waals surface area contributed by atoms with Gasteiger partial charge in [0.25, 0.3) is 0 Å². The van der Waals surface area contributed by atoms with E-state index in [1.807, 2.05) is 35.0 Å². The first-order valence-corrected chi connectivity index (χ1v) is 8.19. The van der Waals surface area contributed by atoms with E-state index in [1.165, 1.54) is 25.7 Å². The quantitative estimate of drug-likeness (QED) is 0.878. The van der Waals surface area contributed by atoms with Crippen LogP contribution >= 0.6 is 0 Å². The highest BCUT2D eigenvalue weighted by Crippen LogP contribution is 2.26. The Balaban J connectivity index is 1.71. The van der Waals surface area contributed by atoms with Crippen molar-refractivity contribution in [3.05, 3.63) is 30.5 Å². The van der Waals surface area contributed by atoms with Gasteiger partial charge in [-0.15, -0.1) is 0 Å². The molecule has 3 rings (SSSR count). The molecular weight excluding hydrogens is 276 g/mol. The fourth-order valence-corrected chi connectivity index (χ4v) is 3.37. The number of benzene rings is 1. The third-order valence-corrected chi connectivity index (χ3v) is 4.51. The summed E-state index contributed by atoms with van der Waals surface area (Å²) in [5.41, 5.74) is 0.987. The molecule has 1 aliphatic carbocycles. The Kier molecular flexibility index (Phi) is 4.66. The zero-order valence-corrected chi connectivity index (χ0v) is 13.2. The highest BCUT2D eigenvalue weighted by molar-refractivity contribution is 5.87. The van der Waals surface area contributed by atoms with E-state index in [9.17, 15) is 4.79 Å². The lowest BCUT2D eigenvalue weighted by Gasteiger charge is -2.17. The van der Waals surface area contributed by atoms with Crippen molar-refractivity contribution in [2.75, 3.05) is 7.11 Å². The van der Waals surface area contributed by atoms with E-state index in [-0.39, 0.29) is 5.91 Å². The number of carbonyl (C=O) groups is 1. The van der Waals surface area contributed by atoms with Gasteiger partial charge in [0.2, 0.25) is 5.91 Å². The lowest BCUT2D eigenvalue weighted by Crippen LogP contribution is -2.36. The van der Waals surface area contributed by atoms with Crippen molar-refractivity contribution in [3.8, 4) is 5.75 Å². The predicted molar refractivity (Wildman–Crippen MR) is 88.1 cm³/mol. The molecule has 1 N–H and O–H groups in total. The van der Waals surface area contributed by atoms with E-state index in [2.05, 4.69) is 5.32 Å². The minimum absolute atomic E-state index is 0.0929. The molecule has 1 aliphatic rings. The van der Waals surface area contributed by atoms with E-state index >= 15 is 0 Å². The van der Waals surface area contributed by atoms with Gasteiger partial charge in [-0.25, -0.2) is 0 Å². The number of nitrogens with zero attached hydrogens (tertiary/aromatic N) is 1. The molecule has 0 atom stereocenters. The summed E-state index contributed by atoms with van der Waals surface area (Å²) in [7, 11) is 1.66. The average molecular weight is 300 g/mol. The first-order chi connectivity index (χ1) is 10.8. The van der Waals surface area contributed by atoms with Gasteiger partial charge >= 0.3 is 0 Å². The summed E-state index contributed by atoms with van der Waals surface area (Å²) in [6.45, 7) is 0.348. The maximum Gasteiger partial charge on any atom is 0.240 e. The standard InChI is InChI=1S/C18H24N2O2/c1-22-16-10-6-7-14-11-12-20(18(14)16)13-17(21)19-15-8-4-2-3-5-9-15/h6-7,10-12,15H,2-5,8-9,13H2,1H3,(H,19,21). The fourth-order valence-electron chi connectivity index (χ4n) is 3.37. The monoisotopic (exact) mass is 300 g/mol. The van der Waals surface area contributed by atoms with Crippen molar-refractivity contribution in [1.29, 1.82) is 0 Å². The number of hydrogen-bond acceptors (Lipinski definition) is 2. The van der Waals surface area contributed by atoms with Crippen LogP contribution in [0.4, 0.5) is 0 Å². The number of hydrogen-bond donors (Lipinski definition) is 1. The van der Waals surface area contributed by atoms with Crippen LogP contribution in [0.3, 0.4) is 0 Å². The van der Waals surface area contributed by atoms with Gasteiger partial charge in [0.1, 0.15) is 12.3 Å². The molecule has 1 aromatic carbocycles. The van der Waals surface area contributed by atoms with Crippen LogP contribution in [0, 0.1) is 0 Å². The number of aromatic nitrogens is 1. The zero-order valence-electron chi connectivity index (χ0n) is 13.2. The molecule has 4 heteroatoms. The summed E-state index contributed by atoms with van der Waals surface area (Å²) in [5.74, 6) is 0.903. The number of fused-ring (bicyclic) bond motifs is 1. The maximum absolute atomic E-state index is 12.4. The smallest absolute Gasteiger partial charge is 0.240 e. The summed E-state index contributed by atoms with van der Waals surface area (Å²) in [6.07, 6.45) is 9.23. The Morgan fingerprint density at radius 3 is 2.73 bits per heavy atom. The number of amides is 1. The summed E-state index contributed by atoms with van der Waals surface area (Å²) < 4.78 is 7.39. The molecule has 1 saturated carbocycles. The van der Waals surface area contributed by atoms with E-state index in [4.69, 9.17) is 4.74 Å². The van der Waals surface area contributed by atoms with E-state index in [0.29, 0.717) is 12.6 Å². The summed E-state index contributed by atoms with van der Waals surface area (Å²) in [6, 6.07) is 8.31. The lowest BCUT2D eigenvalue weighted by atomic mass is 10.1. The molecule has 22 heavy (non-hydrogen) atoms. The topological polar surface area (TPSA) is 43.3 Å². The van der Waals surface area contributed by atoms with Gasteiger partial charge in [-0.05, 0) is 25.0 Å². The van der Waals surface area contributed by atoms with Crippen LogP contribution in [0.5, 0.6) is 5.75 Å². The molecule has 1 amide bonds. The highest BCUT2D eigenvalue weighted by Gasteiger charge is 2.16. The van der Waals surface area contributed by atoms with Crippen LogP contribution in [0.1, 0.15) is 38.5 Å². The van der Waals surface area contributed by atoms with Crippen molar-refractivity contribution in [2.24, 2.45) is 0 Å². The molecule has 4 nitrogen and oxygen atoms in total. The van der Waals surface area contributed by atoms with Crippen LogP contribution in [-0.4, -0.2) is 23.6 Å². The van der Waals surface area contributed by atoms with E-state index in [1.54, 1.807) is 7.11 Å². The minimum Gasteiger partial charge on any atom is -0.495 e. The second kappa shape index (κ2) is 6.86. The SMILES string of the molecule is COc1cccc2ccn(CC(=O)NC3CCCCCC3)c12. The number of rotatable bonds is 4. The van der Waals surface area contributed by atoms with Crippen molar-refractivity contribution < 1.29 is 9.53 Å². The Hall–Kier alpha value is -1.97. The van der Waals surface area contributed by atoms with E-state index in [0.717, 1.165) is 29.5 Å². The molecule has 0 bridgehead atoms. The van der Waals surface area contributed by atoms with Crippen molar-refractivity contribution in [2.45, 2.75) is 51.1 Å². The summed E-state index contributed by atoms with van der Waals surface area (Å²) >= 11 is 0. The second-order valence-corrected chi connectivity index (χ2v) is 6.10. The van der Waals surface area contributed by atoms with E-state index < -0.39 is 0 Å². The molecule has 118 valence electrons. The fraction of sp³-hybridized carbons (Fsp3) is 0.500.